The Morgan fingerprint density at radius 3 is 2.89 bits per heavy atom. The molecule has 2 aromatic rings. The number of nitrogens with zero attached hydrogens (tertiary/aromatic N) is 3. The Kier molecular flexibility index (Phi) is 4.94. The Morgan fingerprint density at radius 2 is 2.07 bits per heavy atom. The molecule has 7 heteroatoms. The van der Waals surface area contributed by atoms with E-state index in [-0.39, 0.29) is 24.4 Å². The van der Waals surface area contributed by atoms with E-state index in [0.717, 1.165) is 18.4 Å². The molecule has 2 amide bonds. The van der Waals surface area contributed by atoms with Gasteiger partial charge < -0.3 is 19.6 Å². The third kappa shape index (κ3) is 4.03. The van der Waals surface area contributed by atoms with Crippen LogP contribution in [0.15, 0.2) is 40.9 Å². The van der Waals surface area contributed by atoms with Gasteiger partial charge in [0.05, 0.1) is 13.1 Å². The quantitative estimate of drug-likeness (QED) is 0.868. The molecule has 0 aliphatic carbocycles. The SMILES string of the molecule is CN(Cc1cc(-c2ccccc2)on1)C(=O)CN1C[C@@H]2CC[C@H](CC1=O)N2. The summed E-state index contributed by atoms with van der Waals surface area (Å²) in [6, 6.07) is 12.1. The fraction of sp³-hybridized carbons (Fsp3) is 0.450. The zero-order chi connectivity index (χ0) is 18.8. The van der Waals surface area contributed by atoms with E-state index in [2.05, 4.69) is 10.5 Å². The number of hydrogen-bond donors (Lipinski definition) is 1. The number of likely N-dealkylation sites (N-methyl/N-ethyl adjacent to an activating group) is 1. The van der Waals surface area contributed by atoms with Gasteiger partial charge in [-0.2, -0.15) is 0 Å². The molecule has 4 rings (SSSR count). The largest absolute Gasteiger partial charge is 0.356 e. The van der Waals surface area contributed by atoms with E-state index >= 15 is 0 Å². The molecule has 0 unspecified atom stereocenters. The molecule has 0 spiro atoms. The standard InChI is InChI=1S/C20H24N4O3/c1-23(11-17-9-18(27-22-17)14-5-3-2-4-6-14)20(26)13-24-12-16-8-7-15(21-16)10-19(24)25/h2-6,9,15-16,21H,7-8,10-13H2,1H3/t15-,16+/m1/s1. The van der Waals surface area contributed by atoms with Crippen LogP contribution >= 0.6 is 0 Å². The number of fused-ring (bicyclic) bond motifs is 2. The van der Waals surface area contributed by atoms with E-state index in [0.29, 0.717) is 37.0 Å². The maximum absolute atomic E-state index is 12.6. The van der Waals surface area contributed by atoms with Gasteiger partial charge in [0.25, 0.3) is 0 Å². The summed E-state index contributed by atoms with van der Waals surface area (Å²) >= 11 is 0. The maximum atomic E-state index is 12.6. The highest BCUT2D eigenvalue weighted by Crippen LogP contribution is 2.22. The van der Waals surface area contributed by atoms with Crippen LogP contribution in [0.2, 0.25) is 0 Å². The van der Waals surface area contributed by atoms with Crippen molar-refractivity contribution in [1.29, 1.82) is 0 Å². The van der Waals surface area contributed by atoms with Gasteiger partial charge in [-0.15, -0.1) is 0 Å². The summed E-state index contributed by atoms with van der Waals surface area (Å²) in [5, 5.41) is 7.53. The summed E-state index contributed by atoms with van der Waals surface area (Å²) in [4.78, 5) is 28.3. The number of carbonyl (C=O) groups is 2. The molecule has 7 nitrogen and oxygen atoms in total. The van der Waals surface area contributed by atoms with E-state index in [1.807, 2.05) is 36.4 Å². The van der Waals surface area contributed by atoms with Gasteiger partial charge in [0.2, 0.25) is 11.8 Å². The first-order chi connectivity index (χ1) is 13.1. The van der Waals surface area contributed by atoms with Crippen LogP contribution in [0.1, 0.15) is 25.0 Å². The lowest BCUT2D eigenvalue weighted by Crippen LogP contribution is -2.44. The molecular weight excluding hydrogens is 344 g/mol. The third-order valence-electron chi connectivity index (χ3n) is 5.32. The second-order valence-corrected chi connectivity index (χ2v) is 7.41. The number of likely N-dealkylation sites (tertiary alicyclic amines) is 1. The van der Waals surface area contributed by atoms with Crippen molar-refractivity contribution in [3.05, 3.63) is 42.1 Å². The molecule has 2 saturated heterocycles. The Hall–Kier alpha value is -2.67. The fourth-order valence-corrected chi connectivity index (χ4v) is 3.81. The second kappa shape index (κ2) is 7.52. The van der Waals surface area contributed by atoms with E-state index in [4.69, 9.17) is 4.52 Å². The van der Waals surface area contributed by atoms with Crippen molar-refractivity contribution in [2.45, 2.75) is 37.9 Å². The third-order valence-corrected chi connectivity index (χ3v) is 5.32. The number of benzene rings is 1. The van der Waals surface area contributed by atoms with Gasteiger partial charge in [0.1, 0.15) is 5.69 Å². The van der Waals surface area contributed by atoms with Gasteiger partial charge in [0.15, 0.2) is 5.76 Å². The smallest absolute Gasteiger partial charge is 0.242 e. The van der Waals surface area contributed by atoms with Crippen LogP contribution < -0.4 is 5.32 Å². The number of carbonyl (C=O) groups excluding carboxylic acids is 2. The van der Waals surface area contributed by atoms with Crippen molar-refractivity contribution in [3.8, 4) is 11.3 Å². The number of aromatic nitrogens is 1. The average Bonchev–Trinajstić information content (AvgIpc) is 3.27. The van der Waals surface area contributed by atoms with Gasteiger partial charge in [-0.25, -0.2) is 0 Å². The van der Waals surface area contributed by atoms with Crippen LogP contribution in [0, 0.1) is 0 Å². The minimum atomic E-state index is -0.0922. The molecule has 0 radical (unpaired) electrons. The molecule has 1 N–H and O–H groups in total. The second-order valence-electron chi connectivity index (χ2n) is 7.41. The number of nitrogens with one attached hydrogen (secondary N) is 1. The van der Waals surface area contributed by atoms with Gasteiger partial charge >= 0.3 is 0 Å². The highest BCUT2D eigenvalue weighted by Gasteiger charge is 2.34. The van der Waals surface area contributed by atoms with Crippen LogP contribution in [-0.4, -0.2) is 59.0 Å². The number of hydrogen-bond acceptors (Lipinski definition) is 5. The molecule has 2 aliphatic rings. The molecule has 2 aliphatic heterocycles. The lowest BCUT2D eigenvalue weighted by molar-refractivity contribution is -0.140. The Bertz CT molecular complexity index is 820. The van der Waals surface area contributed by atoms with Gasteiger partial charge in [0, 0.05) is 43.7 Å². The zero-order valence-electron chi connectivity index (χ0n) is 15.4. The highest BCUT2D eigenvalue weighted by atomic mass is 16.5. The van der Waals surface area contributed by atoms with Gasteiger partial charge in [-0.1, -0.05) is 35.5 Å². The monoisotopic (exact) mass is 368 g/mol. The Balaban J connectivity index is 1.35. The molecule has 2 bridgehead atoms. The summed E-state index contributed by atoms with van der Waals surface area (Å²) in [7, 11) is 1.73. The Labute approximate surface area is 158 Å². The molecule has 0 saturated carbocycles. The first kappa shape index (κ1) is 17.7. The fourth-order valence-electron chi connectivity index (χ4n) is 3.81. The van der Waals surface area contributed by atoms with Gasteiger partial charge in [-0.05, 0) is 12.8 Å². The minimum absolute atomic E-state index is 0.0595. The molecule has 1 aromatic heterocycles. The summed E-state index contributed by atoms with van der Waals surface area (Å²) in [6.45, 7) is 1.07. The predicted octanol–water partition coefficient (Wildman–Crippen LogP) is 1.65. The van der Waals surface area contributed by atoms with Crippen molar-refractivity contribution in [2.75, 3.05) is 20.1 Å². The number of rotatable bonds is 5. The lowest BCUT2D eigenvalue weighted by atomic mass is 10.1. The molecule has 27 heavy (non-hydrogen) atoms. The van der Waals surface area contributed by atoms with Crippen LogP contribution in [0.25, 0.3) is 11.3 Å². The summed E-state index contributed by atoms with van der Waals surface area (Å²) in [5.41, 5.74) is 1.63. The van der Waals surface area contributed by atoms with Gasteiger partial charge in [-0.3, -0.25) is 9.59 Å². The van der Waals surface area contributed by atoms with Crippen LogP contribution in [0.5, 0.6) is 0 Å². The summed E-state index contributed by atoms with van der Waals surface area (Å²) < 4.78 is 5.39. The van der Waals surface area contributed by atoms with E-state index in [1.54, 1.807) is 16.8 Å². The topological polar surface area (TPSA) is 78.7 Å². The van der Waals surface area contributed by atoms with Crippen molar-refractivity contribution in [1.82, 2.24) is 20.3 Å². The molecule has 2 atom stereocenters. The minimum Gasteiger partial charge on any atom is -0.356 e. The van der Waals surface area contributed by atoms with Crippen molar-refractivity contribution >= 4 is 11.8 Å². The van der Waals surface area contributed by atoms with Crippen LogP contribution in [0.4, 0.5) is 0 Å². The van der Waals surface area contributed by atoms with Crippen molar-refractivity contribution in [2.24, 2.45) is 0 Å². The van der Waals surface area contributed by atoms with Crippen LogP contribution in [-0.2, 0) is 16.1 Å². The van der Waals surface area contributed by atoms with Crippen molar-refractivity contribution in [3.63, 3.8) is 0 Å². The molecule has 3 heterocycles. The first-order valence-electron chi connectivity index (χ1n) is 9.37. The number of amides is 2. The normalized spacial score (nSPS) is 22.0. The molecule has 1 aromatic carbocycles. The van der Waals surface area contributed by atoms with E-state index < -0.39 is 0 Å². The van der Waals surface area contributed by atoms with Crippen LogP contribution in [0.3, 0.4) is 0 Å². The lowest BCUT2D eigenvalue weighted by Gasteiger charge is -2.26. The van der Waals surface area contributed by atoms with Crippen molar-refractivity contribution < 1.29 is 14.1 Å². The summed E-state index contributed by atoms with van der Waals surface area (Å²) in [6.07, 6.45) is 2.60. The van der Waals surface area contributed by atoms with E-state index in [1.165, 1.54) is 0 Å². The Morgan fingerprint density at radius 1 is 1.30 bits per heavy atom. The average molecular weight is 368 g/mol. The zero-order valence-corrected chi connectivity index (χ0v) is 15.4. The first-order valence-corrected chi connectivity index (χ1v) is 9.37. The highest BCUT2D eigenvalue weighted by molar-refractivity contribution is 5.85. The summed E-state index contributed by atoms with van der Waals surface area (Å²) in [5.74, 6) is 0.644. The maximum Gasteiger partial charge on any atom is 0.242 e. The molecule has 2 fully saturated rings. The van der Waals surface area contributed by atoms with E-state index in [9.17, 15) is 9.59 Å². The predicted molar refractivity (Wildman–Crippen MR) is 99.6 cm³/mol. The molecular formula is C20H24N4O3. The molecule has 142 valence electrons.